The molecule has 0 radical (unpaired) electrons. The second-order valence-corrected chi connectivity index (χ2v) is 4.66. The van der Waals surface area contributed by atoms with Crippen molar-refractivity contribution in [1.29, 1.82) is 0 Å². The number of hydrogen-bond donors (Lipinski definition) is 4. The van der Waals surface area contributed by atoms with Gasteiger partial charge in [-0.3, -0.25) is 20.4 Å². The average molecular weight is 228 g/mol. The second-order valence-electron chi connectivity index (χ2n) is 4.66. The molecule has 6 nitrogen and oxygen atoms in total. The van der Waals surface area contributed by atoms with Gasteiger partial charge >= 0.3 is 0 Å². The van der Waals surface area contributed by atoms with Crippen molar-refractivity contribution in [2.24, 2.45) is 23.0 Å². The van der Waals surface area contributed by atoms with Gasteiger partial charge < -0.3 is 0 Å². The molecular weight excluding hydrogens is 208 g/mol. The van der Waals surface area contributed by atoms with Gasteiger partial charge in [0.1, 0.15) is 5.92 Å². The van der Waals surface area contributed by atoms with Crippen LogP contribution < -0.4 is 22.5 Å². The van der Waals surface area contributed by atoms with Crippen LogP contribution in [0.2, 0.25) is 0 Å². The quantitative estimate of drug-likeness (QED) is 0.227. The maximum atomic E-state index is 11.7. The first-order valence-electron chi connectivity index (χ1n) is 5.56. The van der Waals surface area contributed by atoms with Crippen molar-refractivity contribution >= 4 is 11.8 Å². The van der Waals surface area contributed by atoms with Crippen LogP contribution in [0.25, 0.3) is 0 Å². The summed E-state index contributed by atoms with van der Waals surface area (Å²) in [5, 5.41) is 0. The van der Waals surface area contributed by atoms with Gasteiger partial charge in [-0.05, 0) is 18.3 Å². The summed E-state index contributed by atoms with van der Waals surface area (Å²) in [6, 6.07) is 0. The van der Waals surface area contributed by atoms with Crippen molar-refractivity contribution in [3.63, 3.8) is 0 Å². The van der Waals surface area contributed by atoms with Gasteiger partial charge in [0.2, 0.25) is 11.8 Å². The van der Waals surface area contributed by atoms with Crippen molar-refractivity contribution in [3.05, 3.63) is 0 Å². The Morgan fingerprint density at radius 2 is 1.50 bits per heavy atom. The van der Waals surface area contributed by atoms with Crippen molar-refractivity contribution in [3.8, 4) is 0 Å². The van der Waals surface area contributed by atoms with Crippen LogP contribution in [0.1, 0.15) is 39.0 Å². The van der Waals surface area contributed by atoms with Crippen LogP contribution in [-0.4, -0.2) is 11.8 Å². The fraction of sp³-hybridized carbons (Fsp3) is 0.800. The van der Waals surface area contributed by atoms with E-state index in [2.05, 4.69) is 0 Å². The standard InChI is InChI=1S/C10H20N4O2/c1-10(5-3-2-4-6-10)7(8(15)13-11)9(16)14-12/h7H,2-6,11-12H2,1H3,(H,13,15)(H,14,16). The third-order valence-electron chi connectivity index (χ3n) is 3.50. The molecule has 1 fully saturated rings. The summed E-state index contributed by atoms with van der Waals surface area (Å²) in [5.74, 6) is 8.49. The van der Waals surface area contributed by atoms with Crippen LogP contribution in [0.15, 0.2) is 0 Å². The Bertz CT molecular complexity index is 258. The SMILES string of the molecule is CC1(C(C(=O)NN)C(=O)NN)CCCCC1. The largest absolute Gasteiger partial charge is 0.294 e. The zero-order valence-corrected chi connectivity index (χ0v) is 9.58. The highest BCUT2D eigenvalue weighted by Crippen LogP contribution is 2.42. The molecular formula is C10H20N4O2. The third-order valence-corrected chi connectivity index (χ3v) is 3.50. The Kier molecular flexibility index (Phi) is 4.26. The molecule has 0 saturated heterocycles. The van der Waals surface area contributed by atoms with Crippen LogP contribution in [0.4, 0.5) is 0 Å². The van der Waals surface area contributed by atoms with Gasteiger partial charge in [-0.2, -0.15) is 0 Å². The van der Waals surface area contributed by atoms with Crippen molar-refractivity contribution < 1.29 is 9.59 Å². The molecule has 1 aliphatic carbocycles. The number of carbonyl (C=O) groups is 2. The number of hydrogen-bond acceptors (Lipinski definition) is 4. The summed E-state index contributed by atoms with van der Waals surface area (Å²) >= 11 is 0. The number of carbonyl (C=O) groups excluding carboxylic acids is 2. The van der Waals surface area contributed by atoms with E-state index < -0.39 is 17.7 Å². The van der Waals surface area contributed by atoms with Gasteiger partial charge in [0.15, 0.2) is 0 Å². The third kappa shape index (κ3) is 2.51. The minimum atomic E-state index is -0.803. The maximum Gasteiger partial charge on any atom is 0.247 e. The first-order valence-corrected chi connectivity index (χ1v) is 5.56. The first-order chi connectivity index (χ1) is 7.55. The minimum Gasteiger partial charge on any atom is -0.294 e. The Labute approximate surface area is 95.1 Å². The summed E-state index contributed by atoms with van der Waals surface area (Å²) in [5.41, 5.74) is 3.75. The molecule has 1 aliphatic rings. The number of nitrogens with two attached hydrogens (primary N) is 2. The van der Waals surface area contributed by atoms with E-state index in [1.165, 1.54) is 0 Å². The van der Waals surface area contributed by atoms with Crippen LogP contribution in [0, 0.1) is 11.3 Å². The maximum absolute atomic E-state index is 11.7. The molecule has 6 heteroatoms. The zero-order chi connectivity index (χ0) is 12.2. The fourth-order valence-corrected chi connectivity index (χ4v) is 2.57. The second kappa shape index (κ2) is 5.27. The van der Waals surface area contributed by atoms with E-state index in [4.69, 9.17) is 11.7 Å². The lowest BCUT2D eigenvalue weighted by Gasteiger charge is -2.38. The van der Waals surface area contributed by atoms with E-state index in [-0.39, 0.29) is 5.41 Å². The van der Waals surface area contributed by atoms with E-state index in [9.17, 15) is 9.59 Å². The molecule has 92 valence electrons. The van der Waals surface area contributed by atoms with E-state index in [0.717, 1.165) is 32.1 Å². The lowest BCUT2D eigenvalue weighted by molar-refractivity contribution is -0.142. The molecule has 2 amide bonds. The summed E-state index contributed by atoms with van der Waals surface area (Å²) in [7, 11) is 0. The number of rotatable bonds is 3. The van der Waals surface area contributed by atoms with Gasteiger partial charge in [-0.1, -0.05) is 26.2 Å². The topological polar surface area (TPSA) is 110 Å². The van der Waals surface area contributed by atoms with Crippen LogP contribution in [0.3, 0.4) is 0 Å². The number of nitrogens with one attached hydrogen (secondary N) is 2. The lowest BCUT2D eigenvalue weighted by atomic mass is 9.66. The van der Waals surface area contributed by atoms with Crippen LogP contribution in [-0.2, 0) is 9.59 Å². The number of hydrazine groups is 2. The Morgan fingerprint density at radius 1 is 1.06 bits per heavy atom. The number of amides is 2. The molecule has 1 saturated carbocycles. The minimum absolute atomic E-state index is 0.342. The van der Waals surface area contributed by atoms with E-state index in [1.807, 2.05) is 17.8 Å². The molecule has 0 aromatic heterocycles. The monoisotopic (exact) mass is 228 g/mol. The van der Waals surface area contributed by atoms with Crippen LogP contribution >= 0.6 is 0 Å². The molecule has 6 N–H and O–H groups in total. The van der Waals surface area contributed by atoms with Gasteiger partial charge in [0.05, 0.1) is 0 Å². The molecule has 0 aromatic carbocycles. The Balaban J connectivity index is 2.89. The summed E-state index contributed by atoms with van der Waals surface area (Å²) < 4.78 is 0. The highest BCUT2D eigenvalue weighted by molar-refractivity contribution is 6.00. The van der Waals surface area contributed by atoms with Crippen molar-refractivity contribution in [1.82, 2.24) is 10.9 Å². The summed E-state index contributed by atoms with van der Waals surface area (Å²) in [6.07, 6.45) is 4.90. The van der Waals surface area contributed by atoms with E-state index in [1.54, 1.807) is 0 Å². The molecule has 0 aromatic rings. The molecule has 0 unspecified atom stereocenters. The molecule has 0 bridgehead atoms. The normalized spacial score (nSPS) is 19.2. The van der Waals surface area contributed by atoms with E-state index in [0.29, 0.717) is 0 Å². The first kappa shape index (κ1) is 12.9. The highest BCUT2D eigenvalue weighted by atomic mass is 16.2. The van der Waals surface area contributed by atoms with Gasteiger partial charge in [0.25, 0.3) is 0 Å². The van der Waals surface area contributed by atoms with Crippen molar-refractivity contribution in [2.45, 2.75) is 39.0 Å². The average Bonchev–Trinajstić information content (AvgIpc) is 2.29. The smallest absolute Gasteiger partial charge is 0.247 e. The van der Waals surface area contributed by atoms with Crippen LogP contribution in [0.5, 0.6) is 0 Å². The Hall–Kier alpha value is -1.14. The van der Waals surface area contributed by atoms with E-state index >= 15 is 0 Å². The molecule has 16 heavy (non-hydrogen) atoms. The predicted molar refractivity (Wildman–Crippen MR) is 59.3 cm³/mol. The lowest BCUT2D eigenvalue weighted by Crippen LogP contribution is -2.53. The molecule has 0 aliphatic heterocycles. The molecule has 1 rings (SSSR count). The fourth-order valence-electron chi connectivity index (χ4n) is 2.57. The Morgan fingerprint density at radius 3 is 1.88 bits per heavy atom. The van der Waals surface area contributed by atoms with Gasteiger partial charge in [-0.25, -0.2) is 11.7 Å². The predicted octanol–water partition coefficient (Wildman–Crippen LogP) is -0.447. The van der Waals surface area contributed by atoms with Gasteiger partial charge in [0, 0.05) is 0 Å². The summed E-state index contributed by atoms with van der Waals surface area (Å²) in [4.78, 5) is 23.3. The molecule has 0 heterocycles. The molecule has 0 atom stereocenters. The molecule has 0 spiro atoms. The zero-order valence-electron chi connectivity index (χ0n) is 9.58. The summed E-state index contributed by atoms with van der Waals surface area (Å²) in [6.45, 7) is 1.95. The van der Waals surface area contributed by atoms with Gasteiger partial charge in [-0.15, -0.1) is 0 Å². The highest BCUT2D eigenvalue weighted by Gasteiger charge is 2.44. The van der Waals surface area contributed by atoms with Crippen molar-refractivity contribution in [2.75, 3.05) is 0 Å².